The Bertz CT molecular complexity index is 810. The van der Waals surface area contributed by atoms with Crippen LogP contribution in [0.15, 0.2) is 53.5 Å². The van der Waals surface area contributed by atoms with Crippen molar-refractivity contribution in [3.05, 3.63) is 59.1 Å². The Morgan fingerprint density at radius 2 is 1.68 bits per heavy atom. The van der Waals surface area contributed by atoms with E-state index in [1.54, 1.807) is 12.1 Å². The summed E-state index contributed by atoms with van der Waals surface area (Å²) in [5.41, 5.74) is 3.10. The summed E-state index contributed by atoms with van der Waals surface area (Å²) in [6, 6.07) is 15.1. The summed E-state index contributed by atoms with van der Waals surface area (Å²) in [7, 11) is 0. The molecule has 0 atom stereocenters. The first-order valence-corrected chi connectivity index (χ1v) is 9.08. The number of halogens is 1. The first-order chi connectivity index (χ1) is 12.2. The van der Waals surface area contributed by atoms with Crippen molar-refractivity contribution in [2.24, 2.45) is 4.99 Å². The molecule has 2 aliphatic heterocycles. The Kier molecular flexibility index (Phi) is 4.55. The molecule has 2 aromatic carbocycles. The van der Waals surface area contributed by atoms with Gasteiger partial charge in [0.15, 0.2) is 0 Å². The van der Waals surface area contributed by atoms with E-state index < -0.39 is 0 Å². The molecule has 0 aliphatic carbocycles. The van der Waals surface area contributed by atoms with E-state index in [1.807, 2.05) is 41.3 Å². The molecule has 4 nitrogen and oxygen atoms in total. The second-order valence-corrected chi connectivity index (χ2v) is 6.94. The van der Waals surface area contributed by atoms with Crippen LogP contribution in [0.3, 0.4) is 0 Å². The van der Waals surface area contributed by atoms with E-state index in [-0.39, 0.29) is 5.91 Å². The number of likely N-dealkylation sites (tertiary alicyclic amines) is 1. The van der Waals surface area contributed by atoms with E-state index in [0.29, 0.717) is 17.4 Å². The minimum atomic E-state index is -0.0262. The van der Waals surface area contributed by atoms with Crippen LogP contribution >= 0.6 is 11.6 Å². The van der Waals surface area contributed by atoms with Crippen LogP contribution in [0.5, 0.6) is 0 Å². The van der Waals surface area contributed by atoms with Gasteiger partial charge in [-0.15, -0.1) is 0 Å². The molecule has 1 saturated heterocycles. The predicted molar refractivity (Wildman–Crippen MR) is 102 cm³/mol. The molecule has 0 unspecified atom stereocenters. The number of carbonyl (C=O) groups excluding carboxylic acids is 1. The van der Waals surface area contributed by atoms with Gasteiger partial charge < -0.3 is 0 Å². The molecular weight excluding hydrogens is 334 g/mol. The summed E-state index contributed by atoms with van der Waals surface area (Å²) in [4.78, 5) is 21.9. The van der Waals surface area contributed by atoms with Crippen molar-refractivity contribution in [1.82, 2.24) is 4.90 Å². The Hall–Kier alpha value is -2.17. The first kappa shape index (κ1) is 16.3. The molecule has 4 rings (SSSR count). The molecule has 0 radical (unpaired) electrons. The van der Waals surface area contributed by atoms with E-state index >= 15 is 0 Å². The maximum absolute atomic E-state index is 13.0. The molecule has 0 saturated carbocycles. The van der Waals surface area contributed by atoms with E-state index in [1.165, 1.54) is 19.3 Å². The number of fused-ring (bicyclic) bond motifs is 1. The molecule has 2 aliphatic rings. The Balaban J connectivity index is 1.67. The molecule has 2 aromatic rings. The average molecular weight is 354 g/mol. The fourth-order valence-electron chi connectivity index (χ4n) is 3.46. The number of amides is 1. The van der Waals surface area contributed by atoms with Gasteiger partial charge in [-0.1, -0.05) is 36.2 Å². The summed E-state index contributed by atoms with van der Waals surface area (Å²) < 4.78 is 0. The standard InChI is InChI=1S/C20H20ClN3O/c21-15-8-10-16(11-9-15)22-19-17-6-2-3-7-18(17)24(20(19)25)14-23-12-4-1-5-13-23/h2-3,6-11H,1,4-5,12-14H2. The summed E-state index contributed by atoms with van der Waals surface area (Å²) in [5.74, 6) is -0.0262. The van der Waals surface area contributed by atoms with Crippen LogP contribution in [-0.2, 0) is 4.79 Å². The van der Waals surface area contributed by atoms with Gasteiger partial charge in [-0.25, -0.2) is 4.99 Å². The van der Waals surface area contributed by atoms with Gasteiger partial charge in [-0.3, -0.25) is 14.6 Å². The van der Waals surface area contributed by atoms with Gasteiger partial charge in [0.2, 0.25) is 0 Å². The Morgan fingerprint density at radius 3 is 2.44 bits per heavy atom. The van der Waals surface area contributed by atoms with Crippen LogP contribution in [0.25, 0.3) is 0 Å². The maximum atomic E-state index is 13.0. The summed E-state index contributed by atoms with van der Waals surface area (Å²) in [6.07, 6.45) is 3.69. The largest absolute Gasteiger partial charge is 0.293 e. The van der Waals surface area contributed by atoms with Crippen LogP contribution in [0.2, 0.25) is 5.02 Å². The number of hydrogen-bond donors (Lipinski definition) is 0. The molecular formula is C20H20ClN3O. The minimum Gasteiger partial charge on any atom is -0.293 e. The van der Waals surface area contributed by atoms with Gasteiger partial charge in [0.1, 0.15) is 5.71 Å². The van der Waals surface area contributed by atoms with Crippen molar-refractivity contribution in [3.8, 4) is 0 Å². The van der Waals surface area contributed by atoms with Crippen molar-refractivity contribution in [3.63, 3.8) is 0 Å². The lowest BCUT2D eigenvalue weighted by Crippen LogP contribution is -2.43. The van der Waals surface area contributed by atoms with E-state index in [9.17, 15) is 4.79 Å². The number of aliphatic imine (C=N–C) groups is 1. The zero-order chi connectivity index (χ0) is 17.2. The van der Waals surface area contributed by atoms with Gasteiger partial charge >= 0.3 is 0 Å². The molecule has 0 spiro atoms. The third-order valence-corrected chi connectivity index (χ3v) is 5.01. The number of rotatable bonds is 3. The topological polar surface area (TPSA) is 35.9 Å². The van der Waals surface area contributed by atoms with Gasteiger partial charge in [0.25, 0.3) is 5.91 Å². The molecule has 0 aromatic heterocycles. The molecule has 0 N–H and O–H groups in total. The number of piperidine rings is 1. The van der Waals surface area contributed by atoms with Crippen molar-refractivity contribution >= 4 is 34.6 Å². The quantitative estimate of drug-likeness (QED) is 0.827. The fraction of sp³-hybridized carbons (Fsp3) is 0.300. The lowest BCUT2D eigenvalue weighted by molar-refractivity contribution is -0.112. The number of nitrogens with zero attached hydrogens (tertiary/aromatic N) is 3. The highest BCUT2D eigenvalue weighted by molar-refractivity contribution is 6.54. The highest BCUT2D eigenvalue weighted by Crippen LogP contribution is 2.31. The SMILES string of the molecule is O=C1C(=Nc2ccc(Cl)cc2)c2ccccc2N1CN1CCCCC1. The number of benzene rings is 2. The predicted octanol–water partition coefficient (Wildman–Crippen LogP) is 4.25. The van der Waals surface area contributed by atoms with Crippen LogP contribution in [0, 0.1) is 0 Å². The molecule has 1 fully saturated rings. The lowest BCUT2D eigenvalue weighted by atomic mass is 10.1. The Morgan fingerprint density at radius 1 is 0.960 bits per heavy atom. The second kappa shape index (κ2) is 6.98. The van der Waals surface area contributed by atoms with Crippen molar-refractivity contribution < 1.29 is 4.79 Å². The highest BCUT2D eigenvalue weighted by Gasteiger charge is 2.34. The highest BCUT2D eigenvalue weighted by atomic mass is 35.5. The molecule has 1 amide bonds. The molecule has 0 bridgehead atoms. The van der Waals surface area contributed by atoms with Crippen molar-refractivity contribution in [1.29, 1.82) is 0 Å². The van der Waals surface area contributed by atoms with Gasteiger partial charge in [0, 0.05) is 10.6 Å². The van der Waals surface area contributed by atoms with Gasteiger partial charge in [0.05, 0.1) is 18.0 Å². The molecule has 5 heteroatoms. The lowest BCUT2D eigenvalue weighted by Gasteiger charge is -2.30. The maximum Gasteiger partial charge on any atom is 0.278 e. The third-order valence-electron chi connectivity index (χ3n) is 4.76. The number of anilines is 1. The number of para-hydroxylation sites is 1. The first-order valence-electron chi connectivity index (χ1n) is 8.70. The summed E-state index contributed by atoms with van der Waals surface area (Å²) in [6.45, 7) is 2.74. The normalized spacial score (nSPS) is 19.5. The average Bonchev–Trinajstić information content (AvgIpc) is 2.90. The van der Waals surface area contributed by atoms with Crippen molar-refractivity contribution in [2.75, 3.05) is 24.7 Å². The summed E-state index contributed by atoms with van der Waals surface area (Å²) >= 11 is 5.94. The monoisotopic (exact) mass is 353 g/mol. The minimum absolute atomic E-state index is 0.0262. The zero-order valence-electron chi connectivity index (χ0n) is 14.0. The third kappa shape index (κ3) is 3.32. The second-order valence-electron chi connectivity index (χ2n) is 6.51. The van der Waals surface area contributed by atoms with Crippen LogP contribution in [-0.4, -0.2) is 36.3 Å². The van der Waals surface area contributed by atoms with Crippen molar-refractivity contribution in [2.45, 2.75) is 19.3 Å². The van der Waals surface area contributed by atoms with E-state index in [0.717, 1.165) is 30.0 Å². The van der Waals surface area contributed by atoms with Crippen LogP contribution in [0.1, 0.15) is 24.8 Å². The molecule has 25 heavy (non-hydrogen) atoms. The fourth-order valence-corrected chi connectivity index (χ4v) is 3.58. The number of hydrogen-bond acceptors (Lipinski definition) is 3. The Labute approximate surface area is 152 Å². The number of carbonyl (C=O) groups is 1. The molecule has 128 valence electrons. The van der Waals surface area contributed by atoms with Gasteiger partial charge in [-0.05, 0) is 56.3 Å². The smallest absolute Gasteiger partial charge is 0.278 e. The zero-order valence-corrected chi connectivity index (χ0v) is 14.7. The van der Waals surface area contributed by atoms with E-state index in [2.05, 4.69) is 9.89 Å². The molecule has 2 heterocycles. The van der Waals surface area contributed by atoms with E-state index in [4.69, 9.17) is 11.6 Å². The van der Waals surface area contributed by atoms with Crippen LogP contribution < -0.4 is 4.90 Å². The summed E-state index contributed by atoms with van der Waals surface area (Å²) in [5, 5.41) is 0.661. The van der Waals surface area contributed by atoms with Crippen LogP contribution in [0.4, 0.5) is 11.4 Å². The van der Waals surface area contributed by atoms with Gasteiger partial charge in [-0.2, -0.15) is 0 Å².